The Morgan fingerprint density at radius 3 is 2.26 bits per heavy atom. The third-order valence-corrected chi connectivity index (χ3v) is 5.72. The number of hydrogen-bond acceptors (Lipinski definition) is 7. The van der Waals surface area contributed by atoms with Gasteiger partial charge in [0.05, 0.1) is 39.7 Å². The van der Waals surface area contributed by atoms with Crippen LogP contribution in [0.3, 0.4) is 0 Å². The lowest BCUT2D eigenvalue weighted by molar-refractivity contribution is -0.141. The smallest absolute Gasteiger partial charge is 0.262 e. The Hall–Kier alpha value is -3.59. The molecule has 0 fully saturated rings. The molecule has 0 bridgehead atoms. The van der Waals surface area contributed by atoms with Gasteiger partial charge < -0.3 is 23.8 Å². The highest BCUT2D eigenvalue weighted by molar-refractivity contribution is 6.05. The minimum Gasteiger partial charge on any atom is -0.497 e. The highest BCUT2D eigenvalue weighted by Gasteiger charge is 2.35. The molecule has 0 N–H and O–H groups in total. The summed E-state index contributed by atoms with van der Waals surface area (Å²) in [5.41, 5.74) is 2.39. The number of methoxy groups -OCH3 is 4. The van der Waals surface area contributed by atoms with Gasteiger partial charge >= 0.3 is 0 Å². The lowest BCUT2D eigenvalue weighted by Gasteiger charge is -2.26. The quantitative estimate of drug-likeness (QED) is 0.532. The molecular weight excluding hydrogens is 438 g/mol. The SMILES string of the molecule is COCCN(CC(=O)N1N=C(c2ccc(OC)cc2OC)CC1c1ccc(OC)cc1)C(C)=O. The van der Waals surface area contributed by atoms with Crippen molar-refractivity contribution in [1.82, 2.24) is 9.91 Å². The zero-order valence-electron chi connectivity index (χ0n) is 20.2. The van der Waals surface area contributed by atoms with Crippen LogP contribution in [0.4, 0.5) is 0 Å². The maximum absolute atomic E-state index is 13.4. The standard InChI is InChI=1S/C25H31N3O6/c1-17(29)27(12-13-31-2)16-25(30)28-23(18-6-8-19(32-3)9-7-18)15-22(26-28)21-11-10-20(33-4)14-24(21)34-5/h6-11,14,23H,12-13,15-16H2,1-5H3. The molecule has 2 aromatic carbocycles. The summed E-state index contributed by atoms with van der Waals surface area (Å²) in [5, 5.41) is 6.16. The molecule has 1 unspecified atom stereocenters. The molecule has 1 aliphatic heterocycles. The van der Waals surface area contributed by atoms with E-state index in [0.29, 0.717) is 36.8 Å². The van der Waals surface area contributed by atoms with Gasteiger partial charge in [0.15, 0.2) is 0 Å². The van der Waals surface area contributed by atoms with Crippen molar-refractivity contribution in [2.24, 2.45) is 5.10 Å². The number of hydrogen-bond donors (Lipinski definition) is 0. The molecule has 0 saturated carbocycles. The molecule has 9 nitrogen and oxygen atoms in total. The molecule has 9 heteroatoms. The van der Waals surface area contributed by atoms with Crippen molar-refractivity contribution in [2.75, 3.05) is 48.1 Å². The van der Waals surface area contributed by atoms with Crippen LogP contribution in [-0.2, 0) is 14.3 Å². The molecule has 34 heavy (non-hydrogen) atoms. The van der Waals surface area contributed by atoms with Gasteiger partial charge in [0, 0.05) is 38.6 Å². The third-order valence-electron chi connectivity index (χ3n) is 5.72. The molecule has 1 aliphatic rings. The van der Waals surface area contributed by atoms with Crippen molar-refractivity contribution >= 4 is 17.5 Å². The van der Waals surface area contributed by atoms with Gasteiger partial charge in [0.2, 0.25) is 5.91 Å². The van der Waals surface area contributed by atoms with Crippen LogP contribution in [0.15, 0.2) is 47.6 Å². The predicted octanol–water partition coefficient (Wildman–Crippen LogP) is 2.89. The molecule has 0 radical (unpaired) electrons. The van der Waals surface area contributed by atoms with Gasteiger partial charge in [-0.05, 0) is 29.8 Å². The van der Waals surface area contributed by atoms with Crippen molar-refractivity contribution in [1.29, 1.82) is 0 Å². The van der Waals surface area contributed by atoms with Gasteiger partial charge in [-0.15, -0.1) is 0 Å². The fourth-order valence-corrected chi connectivity index (χ4v) is 3.81. The topological polar surface area (TPSA) is 89.9 Å². The van der Waals surface area contributed by atoms with Crippen LogP contribution in [0.2, 0.25) is 0 Å². The second kappa shape index (κ2) is 11.5. The lowest BCUT2D eigenvalue weighted by atomic mass is 9.97. The monoisotopic (exact) mass is 469 g/mol. The van der Waals surface area contributed by atoms with Gasteiger partial charge in [-0.1, -0.05) is 12.1 Å². The number of rotatable bonds is 10. The van der Waals surface area contributed by atoms with E-state index in [2.05, 4.69) is 0 Å². The summed E-state index contributed by atoms with van der Waals surface area (Å²) in [4.78, 5) is 26.9. The highest BCUT2D eigenvalue weighted by Crippen LogP contribution is 2.36. The van der Waals surface area contributed by atoms with E-state index in [1.165, 1.54) is 16.8 Å². The summed E-state index contributed by atoms with van der Waals surface area (Å²) in [6, 6.07) is 12.7. The molecule has 2 amide bonds. The van der Waals surface area contributed by atoms with Crippen LogP contribution in [0, 0.1) is 0 Å². The van der Waals surface area contributed by atoms with Gasteiger partial charge in [-0.2, -0.15) is 5.10 Å². The van der Waals surface area contributed by atoms with E-state index in [4.69, 9.17) is 24.0 Å². The van der Waals surface area contributed by atoms with Gasteiger partial charge in [0.1, 0.15) is 23.8 Å². The van der Waals surface area contributed by atoms with Crippen LogP contribution in [0.1, 0.15) is 30.5 Å². The zero-order valence-corrected chi connectivity index (χ0v) is 20.2. The number of hydrazone groups is 1. The largest absolute Gasteiger partial charge is 0.497 e. The van der Waals surface area contributed by atoms with Crippen molar-refractivity contribution in [3.8, 4) is 17.2 Å². The Kier molecular flexibility index (Phi) is 8.48. The van der Waals surface area contributed by atoms with Crippen molar-refractivity contribution in [3.05, 3.63) is 53.6 Å². The number of benzene rings is 2. The Morgan fingerprint density at radius 1 is 1.00 bits per heavy atom. The first-order valence-electron chi connectivity index (χ1n) is 10.9. The van der Waals surface area contributed by atoms with E-state index in [9.17, 15) is 9.59 Å². The van der Waals surface area contributed by atoms with Crippen LogP contribution >= 0.6 is 0 Å². The molecule has 0 aromatic heterocycles. The molecule has 1 heterocycles. The fraction of sp³-hybridized carbons (Fsp3) is 0.400. The average molecular weight is 470 g/mol. The maximum Gasteiger partial charge on any atom is 0.262 e. The van der Waals surface area contributed by atoms with Crippen molar-refractivity contribution < 1.29 is 28.5 Å². The van der Waals surface area contributed by atoms with Gasteiger partial charge in [0.25, 0.3) is 5.91 Å². The van der Waals surface area contributed by atoms with E-state index in [1.54, 1.807) is 34.5 Å². The number of nitrogens with zero attached hydrogens (tertiary/aromatic N) is 3. The average Bonchev–Trinajstić information content (AvgIpc) is 3.31. The second-order valence-corrected chi connectivity index (χ2v) is 7.78. The van der Waals surface area contributed by atoms with Crippen LogP contribution in [0.5, 0.6) is 17.2 Å². The molecule has 3 rings (SSSR count). The van der Waals surface area contributed by atoms with Gasteiger partial charge in [-0.3, -0.25) is 9.59 Å². The number of amides is 2. The maximum atomic E-state index is 13.4. The first-order valence-corrected chi connectivity index (χ1v) is 10.9. The van der Waals surface area contributed by atoms with Crippen molar-refractivity contribution in [3.63, 3.8) is 0 Å². The fourth-order valence-electron chi connectivity index (χ4n) is 3.81. The summed E-state index contributed by atoms with van der Waals surface area (Å²) in [5.74, 6) is 1.50. The summed E-state index contributed by atoms with van der Waals surface area (Å²) < 4.78 is 21.2. The summed E-state index contributed by atoms with van der Waals surface area (Å²) in [6.45, 7) is 2.00. The Balaban J connectivity index is 1.95. The van der Waals surface area contributed by atoms with Crippen molar-refractivity contribution in [2.45, 2.75) is 19.4 Å². The molecular formula is C25H31N3O6. The first kappa shape index (κ1) is 25.0. The summed E-state index contributed by atoms with van der Waals surface area (Å²) in [6.07, 6.45) is 0.485. The Morgan fingerprint density at radius 2 is 1.68 bits per heavy atom. The van der Waals surface area contributed by atoms with E-state index in [1.807, 2.05) is 36.4 Å². The zero-order chi connectivity index (χ0) is 24.7. The van der Waals surface area contributed by atoms with Crippen LogP contribution < -0.4 is 14.2 Å². The van der Waals surface area contributed by atoms with E-state index >= 15 is 0 Å². The lowest BCUT2D eigenvalue weighted by Crippen LogP contribution is -2.41. The number of ether oxygens (including phenoxy) is 4. The van der Waals surface area contributed by atoms with Gasteiger partial charge in [-0.25, -0.2) is 5.01 Å². The Bertz CT molecular complexity index is 1040. The Labute approximate surface area is 199 Å². The molecule has 0 aliphatic carbocycles. The predicted molar refractivity (Wildman–Crippen MR) is 127 cm³/mol. The van der Waals surface area contributed by atoms with Crippen LogP contribution in [-0.4, -0.2) is 75.6 Å². The molecule has 0 saturated heterocycles. The second-order valence-electron chi connectivity index (χ2n) is 7.78. The van der Waals surface area contributed by atoms with Crippen LogP contribution in [0.25, 0.3) is 0 Å². The molecule has 1 atom stereocenters. The molecule has 2 aromatic rings. The summed E-state index contributed by atoms with van der Waals surface area (Å²) >= 11 is 0. The third kappa shape index (κ3) is 5.66. The minimum absolute atomic E-state index is 0.0954. The van der Waals surface area contributed by atoms with E-state index in [-0.39, 0.29) is 24.4 Å². The number of carbonyl (C=O) groups is 2. The number of carbonyl (C=O) groups excluding carboxylic acids is 2. The normalized spacial score (nSPS) is 15.0. The highest BCUT2D eigenvalue weighted by atomic mass is 16.5. The first-order chi connectivity index (χ1) is 16.4. The van der Waals surface area contributed by atoms with E-state index in [0.717, 1.165) is 16.9 Å². The summed E-state index contributed by atoms with van der Waals surface area (Å²) in [7, 11) is 6.33. The minimum atomic E-state index is -0.337. The molecule has 182 valence electrons. The van der Waals surface area contributed by atoms with E-state index < -0.39 is 0 Å². The molecule has 0 spiro atoms.